The van der Waals surface area contributed by atoms with Crippen molar-refractivity contribution in [1.82, 2.24) is 5.32 Å². The van der Waals surface area contributed by atoms with E-state index < -0.39 is 5.54 Å². The number of rotatable bonds is 5. The third-order valence-electron chi connectivity index (χ3n) is 3.56. The Morgan fingerprint density at radius 1 is 1.43 bits per heavy atom. The topological polar surface area (TPSA) is 95.6 Å². The van der Waals surface area contributed by atoms with Crippen LogP contribution < -0.4 is 11.1 Å². The fourth-order valence-electron chi connectivity index (χ4n) is 2.00. The van der Waals surface area contributed by atoms with E-state index in [4.69, 9.17) is 5.73 Å². The third-order valence-corrected chi connectivity index (χ3v) is 5.22. The maximum Gasteiger partial charge on any atom is 0.264 e. The molecule has 114 valence electrons. The lowest BCUT2D eigenvalue weighted by Gasteiger charge is -2.29. The van der Waals surface area contributed by atoms with Crippen molar-refractivity contribution in [1.29, 1.82) is 0 Å². The van der Waals surface area contributed by atoms with E-state index in [0.29, 0.717) is 17.0 Å². The zero-order valence-electron chi connectivity index (χ0n) is 11.5. The first kappa shape index (κ1) is 16.2. The lowest BCUT2D eigenvalue weighted by Crippen LogP contribution is -2.53. The van der Waals surface area contributed by atoms with Crippen molar-refractivity contribution in [2.75, 3.05) is 18.9 Å². The number of aliphatic hydroxyl groups is 2. The van der Waals surface area contributed by atoms with Gasteiger partial charge in [-0.25, -0.2) is 0 Å². The molecule has 0 aliphatic rings. The lowest BCUT2D eigenvalue weighted by molar-refractivity contribution is 0.0657. The predicted molar refractivity (Wildman–Crippen MR) is 88.6 cm³/mol. The molecule has 7 heteroatoms. The maximum absolute atomic E-state index is 12.4. The molecule has 0 radical (unpaired) electrons. The highest BCUT2D eigenvalue weighted by molar-refractivity contribution is 9.10. The second kappa shape index (κ2) is 6.31. The second-order valence-electron chi connectivity index (χ2n) is 4.89. The van der Waals surface area contributed by atoms with Crippen LogP contribution in [0.2, 0.25) is 0 Å². The number of carbonyl (C=O) groups is 1. The van der Waals surface area contributed by atoms with Gasteiger partial charge in [0.05, 0.1) is 24.4 Å². The molecular formula is C14H17BrN2O3S. The molecular weight excluding hydrogens is 356 g/mol. The number of hydrogen-bond acceptors (Lipinski definition) is 5. The molecule has 0 aliphatic heterocycles. The number of nitrogens with two attached hydrogens (primary N) is 1. The molecule has 1 amide bonds. The first-order chi connectivity index (χ1) is 9.96. The number of hydrogen-bond donors (Lipinski definition) is 4. The van der Waals surface area contributed by atoms with E-state index in [9.17, 15) is 15.0 Å². The molecule has 0 unspecified atom stereocenters. The summed E-state index contributed by atoms with van der Waals surface area (Å²) in [5.74, 6) is -0.380. The van der Waals surface area contributed by atoms with Gasteiger partial charge in [-0.05, 0) is 18.6 Å². The van der Waals surface area contributed by atoms with Crippen LogP contribution in [-0.4, -0.2) is 34.9 Å². The Balaban J connectivity index is 2.37. The number of nitrogen functional groups attached to an aromatic ring is 1. The fraction of sp³-hybridized carbons (Fsp3) is 0.357. The van der Waals surface area contributed by atoms with Gasteiger partial charge in [0.25, 0.3) is 5.91 Å². The van der Waals surface area contributed by atoms with Gasteiger partial charge in [-0.1, -0.05) is 28.9 Å². The van der Waals surface area contributed by atoms with Crippen LogP contribution in [0.15, 0.2) is 22.7 Å². The number of fused-ring (bicyclic) bond motifs is 1. The van der Waals surface area contributed by atoms with Gasteiger partial charge < -0.3 is 21.3 Å². The molecule has 2 aromatic rings. The lowest BCUT2D eigenvalue weighted by atomic mass is 9.98. The minimum Gasteiger partial charge on any atom is -0.397 e. The number of anilines is 1. The molecule has 1 aromatic carbocycles. The van der Waals surface area contributed by atoms with E-state index in [-0.39, 0.29) is 19.1 Å². The summed E-state index contributed by atoms with van der Waals surface area (Å²) < 4.78 is 1.82. The second-order valence-corrected chi connectivity index (χ2v) is 6.86. The summed E-state index contributed by atoms with van der Waals surface area (Å²) in [5, 5.41) is 22.3. The molecule has 1 heterocycles. The van der Waals surface area contributed by atoms with Gasteiger partial charge in [-0.3, -0.25) is 4.79 Å². The number of nitrogens with one attached hydrogen (secondary N) is 1. The normalized spacial score (nSPS) is 11.8. The summed E-state index contributed by atoms with van der Waals surface area (Å²) in [5.41, 5.74) is 5.43. The first-order valence-electron chi connectivity index (χ1n) is 6.48. The average Bonchev–Trinajstić information content (AvgIpc) is 2.81. The van der Waals surface area contributed by atoms with Gasteiger partial charge in [0.15, 0.2) is 0 Å². The molecule has 21 heavy (non-hydrogen) atoms. The van der Waals surface area contributed by atoms with Gasteiger partial charge in [-0.2, -0.15) is 0 Å². The van der Waals surface area contributed by atoms with E-state index in [0.717, 1.165) is 14.6 Å². The van der Waals surface area contributed by atoms with Crippen molar-refractivity contribution in [3.05, 3.63) is 27.5 Å². The Morgan fingerprint density at radius 3 is 2.67 bits per heavy atom. The third kappa shape index (κ3) is 3.06. The Labute approximate surface area is 134 Å². The molecule has 1 aromatic heterocycles. The van der Waals surface area contributed by atoms with Crippen molar-refractivity contribution in [3.8, 4) is 0 Å². The van der Waals surface area contributed by atoms with E-state index in [1.165, 1.54) is 11.3 Å². The molecule has 5 nitrogen and oxygen atoms in total. The number of carbonyl (C=O) groups excluding carboxylic acids is 1. The summed E-state index contributed by atoms with van der Waals surface area (Å²) in [6.45, 7) is 1.13. The average molecular weight is 373 g/mol. The predicted octanol–water partition coefficient (Wildman–Crippen LogP) is 2.11. The fourth-order valence-corrected chi connectivity index (χ4v) is 3.57. The van der Waals surface area contributed by atoms with Gasteiger partial charge in [-0.15, -0.1) is 11.3 Å². The highest BCUT2D eigenvalue weighted by Gasteiger charge is 2.30. The Morgan fingerprint density at radius 2 is 2.10 bits per heavy atom. The van der Waals surface area contributed by atoms with E-state index in [2.05, 4.69) is 21.2 Å². The SMILES string of the molecule is CCC(CO)(CO)NC(=O)c1sc2cc(Br)ccc2c1N. The summed E-state index contributed by atoms with van der Waals surface area (Å²) >= 11 is 4.67. The molecule has 0 atom stereocenters. The molecule has 0 aliphatic carbocycles. The van der Waals surface area contributed by atoms with Gasteiger partial charge >= 0.3 is 0 Å². The van der Waals surface area contributed by atoms with E-state index in [1.807, 2.05) is 18.2 Å². The molecule has 5 N–H and O–H groups in total. The van der Waals surface area contributed by atoms with Crippen molar-refractivity contribution >= 4 is 48.9 Å². The minimum absolute atomic E-state index is 0.331. The summed E-state index contributed by atoms with van der Waals surface area (Å²) in [6, 6.07) is 5.62. The highest BCUT2D eigenvalue weighted by atomic mass is 79.9. The Bertz CT molecular complexity index is 659. The molecule has 2 rings (SSSR count). The first-order valence-corrected chi connectivity index (χ1v) is 8.09. The molecule has 0 bridgehead atoms. The van der Waals surface area contributed by atoms with Gasteiger partial charge in [0.1, 0.15) is 4.88 Å². The van der Waals surface area contributed by atoms with Gasteiger partial charge in [0.2, 0.25) is 0 Å². The smallest absolute Gasteiger partial charge is 0.264 e. The van der Waals surface area contributed by atoms with Crippen LogP contribution in [0.4, 0.5) is 5.69 Å². The Hall–Kier alpha value is -1.15. The molecule has 0 saturated heterocycles. The summed E-state index contributed by atoms with van der Waals surface area (Å²) in [6.07, 6.45) is 0.419. The van der Waals surface area contributed by atoms with Crippen LogP contribution in [0.1, 0.15) is 23.0 Å². The molecule has 0 fully saturated rings. The number of halogens is 1. The summed E-state index contributed by atoms with van der Waals surface area (Å²) in [7, 11) is 0. The maximum atomic E-state index is 12.4. The van der Waals surface area contributed by atoms with Crippen LogP contribution in [0, 0.1) is 0 Å². The highest BCUT2D eigenvalue weighted by Crippen LogP contribution is 2.35. The van der Waals surface area contributed by atoms with E-state index >= 15 is 0 Å². The Kier molecular flexibility index (Phi) is 4.88. The van der Waals surface area contributed by atoms with E-state index in [1.54, 1.807) is 6.92 Å². The minimum atomic E-state index is -1.03. The zero-order valence-corrected chi connectivity index (χ0v) is 13.9. The van der Waals surface area contributed by atoms with Crippen molar-refractivity contribution in [2.45, 2.75) is 18.9 Å². The molecule has 0 spiro atoms. The number of aliphatic hydroxyl groups excluding tert-OH is 2. The van der Waals surface area contributed by atoms with Crippen LogP contribution in [0.3, 0.4) is 0 Å². The number of thiophene rings is 1. The molecule has 0 saturated carbocycles. The van der Waals surface area contributed by atoms with Crippen LogP contribution in [-0.2, 0) is 0 Å². The quantitative estimate of drug-likeness (QED) is 0.646. The van der Waals surface area contributed by atoms with Crippen LogP contribution in [0.5, 0.6) is 0 Å². The van der Waals surface area contributed by atoms with Crippen LogP contribution in [0.25, 0.3) is 10.1 Å². The number of benzene rings is 1. The van der Waals surface area contributed by atoms with Crippen molar-refractivity contribution in [2.24, 2.45) is 0 Å². The van der Waals surface area contributed by atoms with Gasteiger partial charge in [0, 0.05) is 14.6 Å². The largest absolute Gasteiger partial charge is 0.397 e. The number of amides is 1. The monoisotopic (exact) mass is 372 g/mol. The van der Waals surface area contributed by atoms with Crippen molar-refractivity contribution in [3.63, 3.8) is 0 Å². The summed E-state index contributed by atoms with van der Waals surface area (Å²) in [4.78, 5) is 12.8. The standard InChI is InChI=1S/C14H17BrN2O3S/c1-2-14(6-18,7-19)17-13(20)12-11(16)9-4-3-8(15)5-10(9)21-12/h3-5,18-19H,2,6-7,16H2,1H3,(H,17,20). The van der Waals surface area contributed by atoms with Crippen molar-refractivity contribution < 1.29 is 15.0 Å². The zero-order chi connectivity index (χ0) is 15.6. The van der Waals surface area contributed by atoms with Crippen LogP contribution >= 0.6 is 27.3 Å².